The first-order chi connectivity index (χ1) is 28.8. The molecule has 0 saturated heterocycles. The molecule has 0 amide bonds. The van der Waals surface area contributed by atoms with Gasteiger partial charge in [-0.05, 0) is 77.0 Å². The number of phosphoric acid groups is 1. The van der Waals surface area contributed by atoms with Crippen LogP contribution in [0.1, 0.15) is 194 Å². The lowest BCUT2D eigenvalue weighted by Gasteiger charge is -2.20. The number of hydrogen-bond acceptors (Lipinski definition) is 9. The number of hydrogen-bond donors (Lipinski definition) is 3. The van der Waals surface area contributed by atoms with E-state index in [-0.39, 0.29) is 12.8 Å². The first-order valence-electron chi connectivity index (χ1n) is 23.2. The molecule has 0 bridgehead atoms. The minimum atomic E-state index is -4.65. The van der Waals surface area contributed by atoms with E-state index in [0.29, 0.717) is 12.8 Å². The van der Waals surface area contributed by atoms with Gasteiger partial charge in [-0.25, -0.2) is 4.57 Å². The standard InChI is InChI=1S/C48H85O10P/c1-3-5-7-9-11-13-15-17-19-21-22-24-26-28-30-32-34-36-38-40-48(52)58-46(42-50)44-56-59(53,54)55-43-45(41-49)57-47(51)39-37-35-33-31-29-27-25-23-20-18-16-14-12-10-8-6-4-2/h6,8,11-14,17-20,45-46,49-50H,3-5,7,9-10,15-16,21-44H2,1-2H3,(H,53,54)/b8-6-,13-11-,14-12-,19-17-,20-18-. The highest BCUT2D eigenvalue weighted by Gasteiger charge is 2.27. The predicted octanol–water partition coefficient (Wildman–Crippen LogP) is 12.7. The average Bonchev–Trinajstić information content (AvgIpc) is 3.22. The summed E-state index contributed by atoms with van der Waals surface area (Å²) in [6.45, 7) is 2.06. The molecule has 3 N–H and O–H groups in total. The van der Waals surface area contributed by atoms with Gasteiger partial charge in [0.1, 0.15) is 12.2 Å². The number of esters is 2. The van der Waals surface area contributed by atoms with Gasteiger partial charge >= 0.3 is 19.8 Å². The zero-order valence-electron chi connectivity index (χ0n) is 37.2. The fourth-order valence-electron chi connectivity index (χ4n) is 6.16. The Morgan fingerprint density at radius 3 is 1.15 bits per heavy atom. The van der Waals surface area contributed by atoms with Crippen LogP contribution in [0.3, 0.4) is 0 Å². The van der Waals surface area contributed by atoms with E-state index < -0.39 is 58.4 Å². The minimum absolute atomic E-state index is 0.179. The Bertz CT molecular complexity index is 1160. The van der Waals surface area contributed by atoms with Crippen molar-refractivity contribution in [3.63, 3.8) is 0 Å². The summed E-state index contributed by atoms with van der Waals surface area (Å²) >= 11 is 0. The van der Waals surface area contributed by atoms with Crippen LogP contribution < -0.4 is 0 Å². The lowest BCUT2D eigenvalue weighted by molar-refractivity contribution is -0.153. The number of allylic oxidation sites excluding steroid dienone is 10. The summed E-state index contributed by atoms with van der Waals surface area (Å²) in [7, 11) is -4.65. The van der Waals surface area contributed by atoms with Crippen molar-refractivity contribution in [2.45, 2.75) is 206 Å². The molecule has 10 nitrogen and oxygen atoms in total. The van der Waals surface area contributed by atoms with E-state index in [2.05, 4.69) is 74.6 Å². The van der Waals surface area contributed by atoms with Crippen LogP contribution in [0.5, 0.6) is 0 Å². The molecule has 59 heavy (non-hydrogen) atoms. The van der Waals surface area contributed by atoms with Gasteiger partial charge in [0.15, 0.2) is 0 Å². The van der Waals surface area contributed by atoms with Crippen LogP contribution in [0.4, 0.5) is 0 Å². The maximum absolute atomic E-state index is 12.4. The maximum atomic E-state index is 12.4. The smallest absolute Gasteiger partial charge is 0.457 e. The lowest BCUT2D eigenvalue weighted by Crippen LogP contribution is -2.28. The fraction of sp³-hybridized carbons (Fsp3) is 0.750. The van der Waals surface area contributed by atoms with Crippen molar-refractivity contribution in [3.05, 3.63) is 60.8 Å². The number of carbonyl (C=O) groups excluding carboxylic acids is 2. The van der Waals surface area contributed by atoms with Gasteiger partial charge in [-0.2, -0.15) is 0 Å². The lowest BCUT2D eigenvalue weighted by atomic mass is 10.1. The summed E-state index contributed by atoms with van der Waals surface area (Å²) < 4.78 is 32.6. The third kappa shape index (κ3) is 42.2. The van der Waals surface area contributed by atoms with Crippen molar-refractivity contribution in [3.8, 4) is 0 Å². The van der Waals surface area contributed by atoms with Crippen LogP contribution in [0.25, 0.3) is 0 Å². The predicted molar refractivity (Wildman–Crippen MR) is 242 cm³/mol. The second-order valence-corrected chi connectivity index (χ2v) is 16.8. The highest BCUT2D eigenvalue weighted by atomic mass is 31.2. The van der Waals surface area contributed by atoms with Crippen LogP contribution >= 0.6 is 7.82 Å². The quantitative estimate of drug-likeness (QED) is 0.0234. The highest BCUT2D eigenvalue weighted by molar-refractivity contribution is 7.47. The molecule has 0 aromatic heterocycles. The zero-order valence-corrected chi connectivity index (χ0v) is 38.1. The largest absolute Gasteiger partial charge is 0.472 e. The van der Waals surface area contributed by atoms with Gasteiger partial charge in [0.2, 0.25) is 0 Å². The number of unbranched alkanes of at least 4 members (excludes halogenated alkanes) is 19. The van der Waals surface area contributed by atoms with E-state index in [1.54, 1.807) is 0 Å². The molecule has 0 aromatic carbocycles. The van der Waals surface area contributed by atoms with Gasteiger partial charge in [0.25, 0.3) is 0 Å². The van der Waals surface area contributed by atoms with Crippen molar-refractivity contribution in [1.29, 1.82) is 0 Å². The van der Waals surface area contributed by atoms with Crippen LogP contribution in [-0.4, -0.2) is 65.7 Å². The Morgan fingerprint density at radius 1 is 0.475 bits per heavy atom. The van der Waals surface area contributed by atoms with E-state index >= 15 is 0 Å². The van der Waals surface area contributed by atoms with E-state index in [0.717, 1.165) is 83.5 Å². The second kappa shape index (κ2) is 43.7. The molecule has 0 aliphatic carbocycles. The molecule has 0 aliphatic heterocycles. The van der Waals surface area contributed by atoms with Crippen LogP contribution in [-0.2, 0) is 32.7 Å². The minimum Gasteiger partial charge on any atom is -0.457 e. The third-order valence-corrected chi connectivity index (χ3v) is 10.7. The highest BCUT2D eigenvalue weighted by Crippen LogP contribution is 2.43. The van der Waals surface area contributed by atoms with Crippen LogP contribution in [0.15, 0.2) is 60.8 Å². The average molecular weight is 853 g/mol. The van der Waals surface area contributed by atoms with E-state index in [1.807, 2.05) is 0 Å². The number of ether oxygens (including phenoxy) is 2. The molecular formula is C48H85O10P. The molecule has 342 valence electrons. The SMILES string of the molecule is CC/C=C\C/C=C\C/C=C\CCCCCCCCCC(=O)OC(CO)COP(=O)(O)OCC(CO)OC(=O)CCCCCCCCCCC/C=C\C/C=C\CCCCC. The molecule has 0 fully saturated rings. The summed E-state index contributed by atoms with van der Waals surface area (Å²) in [5.41, 5.74) is 0. The Hall–Kier alpha value is -2.33. The summed E-state index contributed by atoms with van der Waals surface area (Å²) in [6, 6.07) is 0. The number of aliphatic hydroxyl groups is 2. The number of rotatable bonds is 43. The van der Waals surface area contributed by atoms with E-state index in [9.17, 15) is 29.3 Å². The van der Waals surface area contributed by atoms with E-state index in [1.165, 1.54) is 70.6 Å². The van der Waals surface area contributed by atoms with Crippen LogP contribution in [0.2, 0.25) is 0 Å². The molecular weight excluding hydrogens is 767 g/mol. The number of aliphatic hydroxyl groups excluding tert-OH is 2. The molecule has 3 atom stereocenters. The van der Waals surface area contributed by atoms with Gasteiger partial charge in [-0.15, -0.1) is 0 Å². The van der Waals surface area contributed by atoms with Crippen molar-refractivity contribution >= 4 is 19.8 Å². The van der Waals surface area contributed by atoms with Crippen LogP contribution in [0, 0.1) is 0 Å². The Kier molecular flexibility index (Phi) is 42.0. The van der Waals surface area contributed by atoms with Crippen molar-refractivity contribution in [1.82, 2.24) is 0 Å². The van der Waals surface area contributed by atoms with Gasteiger partial charge in [-0.3, -0.25) is 18.6 Å². The molecule has 11 heteroatoms. The molecule has 0 saturated carbocycles. The normalized spacial score (nSPS) is 14.3. The molecule has 0 rings (SSSR count). The first kappa shape index (κ1) is 56.7. The first-order valence-corrected chi connectivity index (χ1v) is 24.7. The molecule has 3 unspecified atom stereocenters. The van der Waals surface area contributed by atoms with Crippen molar-refractivity contribution in [2.24, 2.45) is 0 Å². The fourth-order valence-corrected chi connectivity index (χ4v) is 6.94. The summed E-state index contributed by atoms with van der Waals surface area (Å²) in [4.78, 5) is 34.6. The van der Waals surface area contributed by atoms with Crippen molar-refractivity contribution in [2.75, 3.05) is 26.4 Å². The van der Waals surface area contributed by atoms with Gasteiger partial charge in [0.05, 0.1) is 26.4 Å². The van der Waals surface area contributed by atoms with Gasteiger partial charge in [0, 0.05) is 12.8 Å². The topological polar surface area (TPSA) is 149 Å². The summed E-state index contributed by atoms with van der Waals surface area (Å²) in [5, 5.41) is 19.2. The Labute approximate surface area is 359 Å². The third-order valence-electron chi connectivity index (χ3n) is 9.71. The number of phosphoric ester groups is 1. The van der Waals surface area contributed by atoms with Crippen molar-refractivity contribution < 1.29 is 47.8 Å². The monoisotopic (exact) mass is 853 g/mol. The Balaban J connectivity index is 3.91. The second-order valence-electron chi connectivity index (χ2n) is 15.4. The molecule has 0 spiro atoms. The maximum Gasteiger partial charge on any atom is 0.472 e. The molecule has 0 radical (unpaired) electrons. The molecule has 0 heterocycles. The summed E-state index contributed by atoms with van der Waals surface area (Å²) in [5.74, 6) is -1.03. The Morgan fingerprint density at radius 2 is 0.797 bits per heavy atom. The molecule has 0 aromatic rings. The van der Waals surface area contributed by atoms with Gasteiger partial charge < -0.3 is 24.6 Å². The zero-order chi connectivity index (χ0) is 43.3. The number of carbonyl (C=O) groups is 2. The summed E-state index contributed by atoms with van der Waals surface area (Å²) in [6.07, 6.45) is 49.0. The van der Waals surface area contributed by atoms with Gasteiger partial charge in [-0.1, -0.05) is 164 Å². The molecule has 0 aliphatic rings. The van der Waals surface area contributed by atoms with E-state index in [4.69, 9.17) is 18.5 Å².